The molecule has 0 aromatic heterocycles. The monoisotopic (exact) mass is 348 g/mol. The van der Waals surface area contributed by atoms with Gasteiger partial charge >= 0.3 is 0 Å². The van der Waals surface area contributed by atoms with Crippen molar-refractivity contribution in [3.8, 4) is 0 Å². The SMILES string of the molecule is CCCNCCS(=O)(=O)Nc1cc(C)c(Br)c(C)c1. The van der Waals surface area contributed by atoms with Crippen molar-refractivity contribution in [2.24, 2.45) is 0 Å². The van der Waals surface area contributed by atoms with E-state index >= 15 is 0 Å². The molecule has 0 aliphatic rings. The fraction of sp³-hybridized carbons (Fsp3) is 0.538. The third-order valence-corrected chi connectivity index (χ3v) is 5.22. The van der Waals surface area contributed by atoms with E-state index in [1.165, 1.54) is 0 Å². The zero-order valence-electron chi connectivity index (χ0n) is 11.6. The third kappa shape index (κ3) is 5.50. The van der Waals surface area contributed by atoms with Gasteiger partial charge in [0, 0.05) is 16.7 Å². The first-order valence-corrected chi connectivity index (χ1v) is 8.78. The summed E-state index contributed by atoms with van der Waals surface area (Å²) in [6, 6.07) is 3.65. The van der Waals surface area contributed by atoms with Crippen molar-refractivity contribution in [3.05, 3.63) is 27.7 Å². The number of sulfonamides is 1. The maximum Gasteiger partial charge on any atom is 0.233 e. The minimum Gasteiger partial charge on any atom is -0.316 e. The maximum atomic E-state index is 11.9. The van der Waals surface area contributed by atoms with Crippen LogP contribution in [0.4, 0.5) is 5.69 Å². The van der Waals surface area contributed by atoms with E-state index in [1.54, 1.807) is 0 Å². The third-order valence-electron chi connectivity index (χ3n) is 2.68. The second kappa shape index (κ2) is 7.26. The second-order valence-electron chi connectivity index (χ2n) is 4.59. The van der Waals surface area contributed by atoms with E-state index < -0.39 is 10.0 Å². The molecule has 0 aliphatic carbocycles. The van der Waals surface area contributed by atoms with Crippen LogP contribution >= 0.6 is 15.9 Å². The van der Waals surface area contributed by atoms with Crippen molar-refractivity contribution in [3.63, 3.8) is 0 Å². The minimum absolute atomic E-state index is 0.0845. The molecule has 6 heteroatoms. The van der Waals surface area contributed by atoms with Crippen LogP contribution < -0.4 is 10.0 Å². The van der Waals surface area contributed by atoms with E-state index in [2.05, 4.69) is 26.0 Å². The average Bonchev–Trinajstić information content (AvgIpc) is 2.31. The van der Waals surface area contributed by atoms with Crippen LogP contribution in [0.15, 0.2) is 16.6 Å². The summed E-state index contributed by atoms with van der Waals surface area (Å²) in [6.45, 7) is 7.24. The molecule has 0 aliphatic heterocycles. The van der Waals surface area contributed by atoms with Gasteiger partial charge in [-0.05, 0) is 50.1 Å². The van der Waals surface area contributed by atoms with Crippen LogP contribution in [-0.2, 0) is 10.0 Å². The van der Waals surface area contributed by atoms with Crippen LogP contribution in [0.1, 0.15) is 24.5 Å². The predicted octanol–water partition coefficient (Wildman–Crippen LogP) is 2.81. The molecule has 2 N–H and O–H groups in total. The van der Waals surface area contributed by atoms with Crippen LogP contribution in [0, 0.1) is 13.8 Å². The fourth-order valence-corrected chi connectivity index (χ4v) is 2.96. The first-order chi connectivity index (χ1) is 8.85. The summed E-state index contributed by atoms with van der Waals surface area (Å²) in [5, 5.41) is 3.08. The van der Waals surface area contributed by atoms with Crippen molar-refractivity contribution in [2.75, 3.05) is 23.6 Å². The molecule has 19 heavy (non-hydrogen) atoms. The Labute approximate surface area is 124 Å². The number of hydrogen-bond acceptors (Lipinski definition) is 3. The number of anilines is 1. The number of nitrogens with one attached hydrogen (secondary N) is 2. The van der Waals surface area contributed by atoms with Gasteiger partial charge in [-0.25, -0.2) is 8.42 Å². The van der Waals surface area contributed by atoms with Crippen LogP contribution in [0.25, 0.3) is 0 Å². The zero-order chi connectivity index (χ0) is 14.5. The zero-order valence-corrected chi connectivity index (χ0v) is 14.0. The molecule has 0 radical (unpaired) electrons. The summed E-state index contributed by atoms with van der Waals surface area (Å²) >= 11 is 3.46. The van der Waals surface area contributed by atoms with Crippen molar-refractivity contribution in [1.82, 2.24) is 5.32 Å². The van der Waals surface area contributed by atoms with Gasteiger partial charge < -0.3 is 5.32 Å². The molecule has 0 amide bonds. The van der Waals surface area contributed by atoms with E-state index in [4.69, 9.17) is 0 Å². The lowest BCUT2D eigenvalue weighted by Crippen LogP contribution is -2.27. The van der Waals surface area contributed by atoms with Crippen LogP contribution in [0.5, 0.6) is 0 Å². The molecule has 0 saturated carbocycles. The summed E-state index contributed by atoms with van der Waals surface area (Å²) in [5.74, 6) is 0.0845. The molecule has 0 spiro atoms. The lowest BCUT2D eigenvalue weighted by molar-refractivity contribution is 0.595. The lowest BCUT2D eigenvalue weighted by Gasteiger charge is -2.11. The van der Waals surface area contributed by atoms with Crippen molar-refractivity contribution in [2.45, 2.75) is 27.2 Å². The summed E-state index contributed by atoms with van der Waals surface area (Å²) in [5.41, 5.74) is 2.65. The summed E-state index contributed by atoms with van der Waals surface area (Å²) in [4.78, 5) is 0. The largest absolute Gasteiger partial charge is 0.316 e. The van der Waals surface area contributed by atoms with E-state index in [9.17, 15) is 8.42 Å². The standard InChI is InChI=1S/C13H21BrN2O2S/c1-4-5-15-6-7-19(17,18)16-12-8-10(2)13(14)11(3)9-12/h8-9,15-16H,4-7H2,1-3H3. The number of halogens is 1. The first-order valence-electron chi connectivity index (χ1n) is 6.33. The maximum absolute atomic E-state index is 11.9. The predicted molar refractivity (Wildman–Crippen MR) is 84.2 cm³/mol. The number of hydrogen-bond donors (Lipinski definition) is 2. The average molecular weight is 349 g/mol. The van der Waals surface area contributed by atoms with E-state index in [1.807, 2.05) is 32.9 Å². The topological polar surface area (TPSA) is 58.2 Å². The summed E-state index contributed by atoms with van der Waals surface area (Å²) in [7, 11) is -3.29. The number of benzene rings is 1. The minimum atomic E-state index is -3.29. The highest BCUT2D eigenvalue weighted by atomic mass is 79.9. The Morgan fingerprint density at radius 1 is 1.16 bits per heavy atom. The molecular weight excluding hydrogens is 328 g/mol. The summed E-state index contributed by atoms with van der Waals surface area (Å²) < 4.78 is 27.4. The quantitative estimate of drug-likeness (QED) is 0.745. The Hall–Kier alpha value is -0.590. The van der Waals surface area contributed by atoms with Gasteiger partial charge in [-0.2, -0.15) is 0 Å². The Morgan fingerprint density at radius 2 is 1.74 bits per heavy atom. The Bertz CT molecular complexity index is 506. The Balaban J connectivity index is 2.68. The smallest absolute Gasteiger partial charge is 0.233 e. The normalized spacial score (nSPS) is 11.6. The molecule has 1 aromatic carbocycles. The van der Waals surface area contributed by atoms with Gasteiger partial charge in [-0.15, -0.1) is 0 Å². The van der Waals surface area contributed by atoms with Gasteiger partial charge in [0.25, 0.3) is 0 Å². The fourth-order valence-electron chi connectivity index (χ4n) is 1.74. The Kier molecular flexibility index (Phi) is 6.29. The first kappa shape index (κ1) is 16.5. The molecule has 1 rings (SSSR count). The molecule has 4 nitrogen and oxygen atoms in total. The van der Waals surface area contributed by atoms with Gasteiger partial charge in [0.15, 0.2) is 0 Å². The van der Waals surface area contributed by atoms with Gasteiger partial charge in [-0.3, -0.25) is 4.72 Å². The van der Waals surface area contributed by atoms with Crippen molar-refractivity contribution < 1.29 is 8.42 Å². The van der Waals surface area contributed by atoms with Gasteiger partial charge in [0.2, 0.25) is 10.0 Å². The van der Waals surface area contributed by atoms with Crippen molar-refractivity contribution >= 4 is 31.6 Å². The molecule has 0 bridgehead atoms. The second-order valence-corrected chi connectivity index (χ2v) is 7.23. The van der Waals surface area contributed by atoms with E-state index in [-0.39, 0.29) is 5.75 Å². The molecule has 0 atom stereocenters. The highest BCUT2D eigenvalue weighted by molar-refractivity contribution is 9.10. The van der Waals surface area contributed by atoms with Gasteiger partial charge in [0.05, 0.1) is 5.75 Å². The summed E-state index contributed by atoms with van der Waals surface area (Å²) in [6.07, 6.45) is 0.999. The van der Waals surface area contributed by atoms with Gasteiger partial charge in [-0.1, -0.05) is 22.9 Å². The molecule has 0 heterocycles. The lowest BCUT2D eigenvalue weighted by atomic mass is 10.1. The Morgan fingerprint density at radius 3 is 2.26 bits per heavy atom. The van der Waals surface area contributed by atoms with Crippen molar-refractivity contribution in [1.29, 1.82) is 0 Å². The molecule has 0 unspecified atom stereocenters. The molecule has 0 saturated heterocycles. The van der Waals surface area contributed by atoms with E-state index in [0.717, 1.165) is 28.6 Å². The van der Waals surface area contributed by atoms with Gasteiger partial charge in [0.1, 0.15) is 0 Å². The van der Waals surface area contributed by atoms with E-state index in [0.29, 0.717) is 12.2 Å². The highest BCUT2D eigenvalue weighted by Gasteiger charge is 2.11. The van der Waals surface area contributed by atoms with Crippen LogP contribution in [0.2, 0.25) is 0 Å². The highest BCUT2D eigenvalue weighted by Crippen LogP contribution is 2.25. The molecule has 0 fully saturated rings. The molecule has 108 valence electrons. The number of aryl methyl sites for hydroxylation is 2. The van der Waals surface area contributed by atoms with Crippen LogP contribution in [-0.4, -0.2) is 27.3 Å². The molecule has 1 aromatic rings. The van der Waals surface area contributed by atoms with Crippen LogP contribution in [0.3, 0.4) is 0 Å². The number of rotatable bonds is 7. The molecular formula is C13H21BrN2O2S.